The summed E-state index contributed by atoms with van der Waals surface area (Å²) in [5.41, 5.74) is 5.05. The summed E-state index contributed by atoms with van der Waals surface area (Å²) in [7, 11) is 1.58. The fraction of sp³-hybridized carbons (Fsp3) is 0.250. The number of nitrogens with one attached hydrogen (secondary N) is 1. The zero-order valence-corrected chi connectivity index (χ0v) is 16.6. The molecule has 0 atom stereocenters. The van der Waals surface area contributed by atoms with E-state index < -0.39 is 0 Å². The molecule has 1 aromatic heterocycles. The monoisotopic (exact) mass is 382 g/mol. The lowest BCUT2D eigenvalue weighted by atomic mass is 10.1. The van der Waals surface area contributed by atoms with E-state index in [1.165, 1.54) is 17.3 Å². The van der Waals surface area contributed by atoms with Gasteiger partial charge in [0.05, 0.1) is 24.2 Å². The Morgan fingerprint density at radius 3 is 2.63 bits per heavy atom. The molecule has 0 saturated heterocycles. The Balaban J connectivity index is 1.70. The highest BCUT2D eigenvalue weighted by molar-refractivity contribution is 7.99. The molecule has 140 valence electrons. The Bertz CT molecular complexity index is 968. The van der Waals surface area contributed by atoms with Crippen molar-refractivity contribution in [2.45, 2.75) is 25.9 Å². The van der Waals surface area contributed by atoms with Crippen molar-refractivity contribution in [2.75, 3.05) is 18.2 Å². The van der Waals surface area contributed by atoms with E-state index in [1.54, 1.807) is 13.4 Å². The van der Waals surface area contributed by atoms with Crippen molar-refractivity contribution < 1.29 is 9.53 Å². The number of aryl methyl sites for hydroxylation is 3. The Labute approximate surface area is 163 Å². The van der Waals surface area contributed by atoms with Crippen LogP contribution in [0.4, 0.5) is 5.69 Å². The van der Waals surface area contributed by atoms with Crippen LogP contribution in [-0.2, 0) is 4.79 Å². The number of anilines is 1. The molecular weight excluding hydrogens is 360 g/mol. The molecule has 3 rings (SSSR count). The van der Waals surface area contributed by atoms with E-state index in [0.29, 0.717) is 16.6 Å². The first kappa shape index (κ1) is 19.0. The summed E-state index contributed by atoms with van der Waals surface area (Å²) in [6, 6.07) is 11.9. The number of thioether (sulfide) groups is 1. The highest BCUT2D eigenvalue weighted by atomic mass is 32.2. The molecule has 1 N–H and O–H groups in total. The van der Waals surface area contributed by atoms with E-state index in [2.05, 4.69) is 28.5 Å². The number of aromatic nitrogens is 3. The molecule has 6 nitrogen and oxygen atoms in total. The minimum atomic E-state index is -0.126. The van der Waals surface area contributed by atoms with Gasteiger partial charge in [0, 0.05) is 0 Å². The number of rotatable bonds is 6. The zero-order valence-electron chi connectivity index (χ0n) is 15.8. The summed E-state index contributed by atoms with van der Waals surface area (Å²) < 4.78 is 7.21. The van der Waals surface area contributed by atoms with E-state index in [1.807, 2.05) is 48.7 Å². The molecule has 0 unspecified atom stereocenters. The van der Waals surface area contributed by atoms with Crippen LogP contribution in [0.5, 0.6) is 5.75 Å². The van der Waals surface area contributed by atoms with Gasteiger partial charge in [0.15, 0.2) is 5.16 Å². The maximum atomic E-state index is 12.4. The lowest BCUT2D eigenvalue weighted by Gasteiger charge is -2.12. The Kier molecular flexibility index (Phi) is 5.81. The van der Waals surface area contributed by atoms with Crippen molar-refractivity contribution in [1.29, 1.82) is 0 Å². The summed E-state index contributed by atoms with van der Waals surface area (Å²) in [5, 5.41) is 11.7. The van der Waals surface area contributed by atoms with Crippen LogP contribution >= 0.6 is 11.8 Å². The summed E-state index contributed by atoms with van der Waals surface area (Å²) in [6.07, 6.45) is 1.67. The molecule has 7 heteroatoms. The molecule has 27 heavy (non-hydrogen) atoms. The maximum Gasteiger partial charge on any atom is 0.234 e. The standard InChI is InChI=1S/C20H22N4O2S/c1-13-5-7-17(15(3)9-13)24-12-21-23-20(24)27-11-19(25)22-16-10-14(2)6-8-18(16)26-4/h5-10,12H,11H2,1-4H3,(H,22,25). The van der Waals surface area contributed by atoms with Gasteiger partial charge in [-0.25, -0.2) is 0 Å². The molecule has 1 heterocycles. The number of nitrogens with zero attached hydrogens (tertiary/aromatic N) is 3. The number of carbonyl (C=O) groups excluding carboxylic acids is 1. The normalized spacial score (nSPS) is 10.7. The predicted molar refractivity (Wildman–Crippen MR) is 108 cm³/mol. The summed E-state index contributed by atoms with van der Waals surface area (Å²) >= 11 is 1.34. The van der Waals surface area contributed by atoms with Gasteiger partial charge in [-0.1, -0.05) is 35.5 Å². The van der Waals surface area contributed by atoms with Crippen LogP contribution < -0.4 is 10.1 Å². The van der Waals surface area contributed by atoms with Gasteiger partial charge in [0.25, 0.3) is 0 Å². The van der Waals surface area contributed by atoms with Gasteiger partial charge in [-0.05, 0) is 50.1 Å². The predicted octanol–water partition coefficient (Wildman–Crippen LogP) is 3.93. The van der Waals surface area contributed by atoms with Crippen LogP contribution in [0.15, 0.2) is 47.9 Å². The van der Waals surface area contributed by atoms with Gasteiger partial charge >= 0.3 is 0 Å². The lowest BCUT2D eigenvalue weighted by molar-refractivity contribution is -0.113. The van der Waals surface area contributed by atoms with Crippen molar-refractivity contribution in [3.63, 3.8) is 0 Å². The Morgan fingerprint density at radius 2 is 1.89 bits per heavy atom. The van der Waals surface area contributed by atoms with E-state index in [9.17, 15) is 4.79 Å². The summed E-state index contributed by atoms with van der Waals surface area (Å²) in [6.45, 7) is 6.08. The Morgan fingerprint density at radius 1 is 1.15 bits per heavy atom. The second-order valence-electron chi connectivity index (χ2n) is 6.31. The van der Waals surface area contributed by atoms with Crippen LogP contribution in [0.25, 0.3) is 5.69 Å². The SMILES string of the molecule is COc1ccc(C)cc1NC(=O)CSc1nncn1-c1ccc(C)cc1C. The first-order valence-corrected chi connectivity index (χ1v) is 9.51. The van der Waals surface area contributed by atoms with Crippen LogP contribution in [0, 0.1) is 20.8 Å². The molecule has 0 radical (unpaired) electrons. The van der Waals surface area contributed by atoms with E-state index in [0.717, 1.165) is 16.8 Å². The fourth-order valence-corrected chi connectivity index (χ4v) is 3.52. The zero-order chi connectivity index (χ0) is 19.4. The molecular formula is C20H22N4O2S. The van der Waals surface area contributed by atoms with E-state index >= 15 is 0 Å². The van der Waals surface area contributed by atoms with Crippen molar-refractivity contribution in [1.82, 2.24) is 14.8 Å². The van der Waals surface area contributed by atoms with E-state index in [-0.39, 0.29) is 11.7 Å². The second kappa shape index (κ2) is 8.26. The summed E-state index contributed by atoms with van der Waals surface area (Å²) in [4.78, 5) is 12.4. The van der Waals surface area contributed by atoms with Crippen LogP contribution in [0.3, 0.4) is 0 Å². The summed E-state index contributed by atoms with van der Waals surface area (Å²) in [5.74, 6) is 0.734. The molecule has 0 saturated carbocycles. The van der Waals surface area contributed by atoms with Crippen LogP contribution in [0.2, 0.25) is 0 Å². The quantitative estimate of drug-likeness (QED) is 0.654. The van der Waals surface area contributed by atoms with Crippen molar-refractivity contribution in [2.24, 2.45) is 0 Å². The van der Waals surface area contributed by atoms with Gasteiger partial charge in [-0.2, -0.15) is 0 Å². The third kappa shape index (κ3) is 4.49. The smallest absolute Gasteiger partial charge is 0.234 e. The maximum absolute atomic E-state index is 12.4. The molecule has 0 aliphatic heterocycles. The minimum Gasteiger partial charge on any atom is -0.495 e. The molecule has 1 amide bonds. The number of benzene rings is 2. The number of hydrogen-bond acceptors (Lipinski definition) is 5. The molecule has 2 aromatic carbocycles. The van der Waals surface area contributed by atoms with Crippen molar-refractivity contribution in [3.05, 3.63) is 59.4 Å². The fourth-order valence-electron chi connectivity index (χ4n) is 2.80. The van der Waals surface area contributed by atoms with Gasteiger partial charge in [0.1, 0.15) is 12.1 Å². The molecule has 0 bridgehead atoms. The first-order chi connectivity index (χ1) is 13.0. The minimum absolute atomic E-state index is 0.126. The highest BCUT2D eigenvalue weighted by Gasteiger charge is 2.13. The largest absolute Gasteiger partial charge is 0.495 e. The topological polar surface area (TPSA) is 69.0 Å². The second-order valence-corrected chi connectivity index (χ2v) is 7.26. The van der Waals surface area contributed by atoms with E-state index in [4.69, 9.17) is 4.74 Å². The van der Waals surface area contributed by atoms with Crippen LogP contribution in [0.1, 0.15) is 16.7 Å². The molecule has 0 aliphatic rings. The lowest BCUT2D eigenvalue weighted by Crippen LogP contribution is -2.15. The van der Waals surface area contributed by atoms with Gasteiger partial charge in [0.2, 0.25) is 5.91 Å². The molecule has 0 spiro atoms. The third-order valence-corrected chi connectivity index (χ3v) is 5.03. The molecule has 3 aromatic rings. The first-order valence-electron chi connectivity index (χ1n) is 8.53. The van der Waals surface area contributed by atoms with Crippen LogP contribution in [-0.4, -0.2) is 33.5 Å². The third-order valence-electron chi connectivity index (χ3n) is 4.09. The highest BCUT2D eigenvalue weighted by Crippen LogP contribution is 2.26. The van der Waals surface area contributed by atoms with Gasteiger partial charge in [-0.15, -0.1) is 10.2 Å². The van der Waals surface area contributed by atoms with Crippen molar-refractivity contribution in [3.8, 4) is 11.4 Å². The Hall–Kier alpha value is -2.80. The average molecular weight is 382 g/mol. The van der Waals surface area contributed by atoms with Gasteiger partial charge < -0.3 is 10.1 Å². The number of carbonyl (C=O) groups is 1. The molecule has 0 aliphatic carbocycles. The average Bonchev–Trinajstić information content (AvgIpc) is 3.08. The van der Waals surface area contributed by atoms with Crippen molar-refractivity contribution >= 4 is 23.4 Å². The number of methoxy groups -OCH3 is 1. The molecule has 0 fully saturated rings. The van der Waals surface area contributed by atoms with Gasteiger partial charge in [-0.3, -0.25) is 9.36 Å². The number of ether oxygens (including phenoxy) is 1. The number of hydrogen-bond donors (Lipinski definition) is 1. The number of amides is 1.